The van der Waals surface area contributed by atoms with Crippen LogP contribution in [0.25, 0.3) is 0 Å². The number of methoxy groups -OCH3 is 1. The summed E-state index contributed by atoms with van der Waals surface area (Å²) in [5.74, 6) is 0.328. The van der Waals surface area contributed by atoms with Gasteiger partial charge in [0.25, 0.3) is 5.91 Å². The first kappa shape index (κ1) is 13.4. The molecule has 19 heavy (non-hydrogen) atoms. The van der Waals surface area contributed by atoms with Gasteiger partial charge in [-0.1, -0.05) is 15.9 Å². The van der Waals surface area contributed by atoms with Gasteiger partial charge in [-0.2, -0.15) is 0 Å². The normalized spacial score (nSPS) is 10.0. The van der Waals surface area contributed by atoms with Crippen LogP contribution in [0, 0.1) is 0 Å². The fraction of sp³-hybridized carbons (Fsp3) is 0.0769. The van der Waals surface area contributed by atoms with Crippen LogP contribution >= 0.6 is 15.9 Å². The SMILES string of the molecule is COc1cc(Br)cc(NC(=O)c2cnccc2N)c1. The average molecular weight is 322 g/mol. The van der Waals surface area contributed by atoms with Crippen LogP contribution < -0.4 is 15.8 Å². The highest BCUT2D eigenvalue weighted by atomic mass is 79.9. The molecule has 2 rings (SSSR count). The molecule has 0 saturated heterocycles. The van der Waals surface area contributed by atoms with Gasteiger partial charge in [0.1, 0.15) is 5.75 Å². The number of halogens is 1. The Hall–Kier alpha value is -2.08. The third-order valence-corrected chi connectivity index (χ3v) is 2.92. The maximum absolute atomic E-state index is 12.1. The number of benzene rings is 1. The van der Waals surface area contributed by atoms with E-state index in [1.807, 2.05) is 0 Å². The summed E-state index contributed by atoms with van der Waals surface area (Å²) in [5, 5.41) is 2.75. The number of rotatable bonds is 3. The van der Waals surface area contributed by atoms with Crippen LogP contribution in [0.5, 0.6) is 5.75 Å². The van der Waals surface area contributed by atoms with Crippen LogP contribution in [0.1, 0.15) is 10.4 Å². The molecule has 0 radical (unpaired) electrons. The maximum atomic E-state index is 12.1. The Morgan fingerprint density at radius 1 is 1.42 bits per heavy atom. The molecule has 0 fully saturated rings. The van der Waals surface area contributed by atoms with Crippen LogP contribution in [-0.2, 0) is 0 Å². The fourth-order valence-electron chi connectivity index (χ4n) is 1.55. The largest absolute Gasteiger partial charge is 0.497 e. The Labute approximate surface area is 118 Å². The van der Waals surface area contributed by atoms with E-state index in [1.54, 1.807) is 31.4 Å². The quantitative estimate of drug-likeness (QED) is 0.911. The van der Waals surface area contributed by atoms with Gasteiger partial charge < -0.3 is 15.8 Å². The van der Waals surface area contributed by atoms with Crippen LogP contribution in [0.15, 0.2) is 41.1 Å². The van der Waals surface area contributed by atoms with Crippen molar-refractivity contribution in [3.8, 4) is 5.75 Å². The lowest BCUT2D eigenvalue weighted by Gasteiger charge is -2.09. The first-order valence-corrected chi connectivity index (χ1v) is 6.25. The number of anilines is 2. The van der Waals surface area contributed by atoms with Crippen LogP contribution in [-0.4, -0.2) is 18.0 Å². The van der Waals surface area contributed by atoms with Gasteiger partial charge in [-0.25, -0.2) is 0 Å². The molecule has 0 aliphatic carbocycles. The highest BCUT2D eigenvalue weighted by molar-refractivity contribution is 9.10. The second-order valence-corrected chi connectivity index (χ2v) is 4.71. The van der Waals surface area contributed by atoms with Gasteiger partial charge in [-0.05, 0) is 18.2 Å². The minimum Gasteiger partial charge on any atom is -0.497 e. The maximum Gasteiger partial charge on any atom is 0.259 e. The zero-order valence-corrected chi connectivity index (χ0v) is 11.8. The van der Waals surface area contributed by atoms with Crippen molar-refractivity contribution in [3.63, 3.8) is 0 Å². The molecule has 0 saturated carbocycles. The number of nitrogens with zero attached hydrogens (tertiary/aromatic N) is 1. The molecule has 0 spiro atoms. The van der Waals surface area contributed by atoms with E-state index in [4.69, 9.17) is 10.5 Å². The molecule has 5 nitrogen and oxygen atoms in total. The summed E-state index contributed by atoms with van der Waals surface area (Å²) in [5.41, 5.74) is 7.06. The lowest BCUT2D eigenvalue weighted by atomic mass is 10.2. The molecule has 1 heterocycles. The van der Waals surface area contributed by atoms with Crippen molar-refractivity contribution < 1.29 is 9.53 Å². The first-order valence-electron chi connectivity index (χ1n) is 5.45. The van der Waals surface area contributed by atoms with Gasteiger partial charge >= 0.3 is 0 Å². The van der Waals surface area contributed by atoms with Crippen molar-refractivity contribution in [2.45, 2.75) is 0 Å². The smallest absolute Gasteiger partial charge is 0.259 e. The number of pyridine rings is 1. The first-order chi connectivity index (χ1) is 9.10. The molecule has 2 aromatic rings. The van der Waals surface area contributed by atoms with Gasteiger partial charge in [-0.3, -0.25) is 9.78 Å². The van der Waals surface area contributed by atoms with Crippen LogP contribution in [0.2, 0.25) is 0 Å². The average Bonchev–Trinajstić information content (AvgIpc) is 2.38. The minimum absolute atomic E-state index is 0.314. The Morgan fingerprint density at radius 3 is 2.89 bits per heavy atom. The third-order valence-electron chi connectivity index (χ3n) is 2.46. The predicted octanol–water partition coefficient (Wildman–Crippen LogP) is 2.69. The molecular weight excluding hydrogens is 310 g/mol. The molecule has 0 aliphatic rings. The standard InChI is InChI=1S/C13H12BrN3O2/c1-19-10-5-8(14)4-9(6-10)17-13(18)11-7-16-3-2-12(11)15/h2-7H,1H3,(H2,15,16)(H,17,18). The lowest BCUT2D eigenvalue weighted by Crippen LogP contribution is -2.14. The van der Waals surface area contributed by atoms with Crippen molar-refractivity contribution in [2.75, 3.05) is 18.2 Å². The number of amides is 1. The topological polar surface area (TPSA) is 77.2 Å². The number of nitrogen functional groups attached to an aromatic ring is 1. The second-order valence-electron chi connectivity index (χ2n) is 3.80. The molecule has 1 amide bonds. The second kappa shape index (κ2) is 5.71. The Morgan fingerprint density at radius 2 is 2.21 bits per heavy atom. The van der Waals surface area contributed by atoms with E-state index in [0.29, 0.717) is 22.7 Å². The molecule has 0 atom stereocenters. The van der Waals surface area contributed by atoms with E-state index >= 15 is 0 Å². The number of nitrogens with one attached hydrogen (secondary N) is 1. The zero-order chi connectivity index (χ0) is 13.8. The van der Waals surface area contributed by atoms with Gasteiger partial charge in [-0.15, -0.1) is 0 Å². The van der Waals surface area contributed by atoms with Gasteiger partial charge in [0.2, 0.25) is 0 Å². The summed E-state index contributed by atoms with van der Waals surface area (Å²) in [4.78, 5) is 15.9. The molecule has 1 aromatic heterocycles. The van der Waals surface area contributed by atoms with E-state index in [9.17, 15) is 4.79 Å². The number of nitrogens with two attached hydrogens (primary N) is 1. The lowest BCUT2D eigenvalue weighted by molar-refractivity contribution is 0.102. The van der Waals surface area contributed by atoms with E-state index in [-0.39, 0.29) is 5.91 Å². The Balaban J connectivity index is 2.24. The Kier molecular flexibility index (Phi) is 4.01. The summed E-state index contributed by atoms with van der Waals surface area (Å²) >= 11 is 3.35. The van der Waals surface area contributed by atoms with Crippen molar-refractivity contribution in [1.82, 2.24) is 4.98 Å². The van der Waals surface area contributed by atoms with Crippen molar-refractivity contribution >= 4 is 33.2 Å². The summed E-state index contributed by atoms with van der Waals surface area (Å²) in [6.45, 7) is 0. The van der Waals surface area contributed by atoms with Gasteiger partial charge in [0.15, 0.2) is 0 Å². The number of hydrogen-bond acceptors (Lipinski definition) is 4. The third kappa shape index (κ3) is 3.23. The molecule has 6 heteroatoms. The molecule has 98 valence electrons. The van der Waals surface area contributed by atoms with E-state index in [2.05, 4.69) is 26.2 Å². The summed E-state index contributed by atoms with van der Waals surface area (Å²) in [6.07, 6.45) is 2.97. The minimum atomic E-state index is -0.314. The van der Waals surface area contributed by atoms with Crippen LogP contribution in [0.3, 0.4) is 0 Å². The van der Waals surface area contributed by atoms with Crippen molar-refractivity contribution in [3.05, 3.63) is 46.7 Å². The summed E-state index contributed by atoms with van der Waals surface area (Å²) < 4.78 is 5.94. The summed E-state index contributed by atoms with van der Waals surface area (Å²) in [7, 11) is 1.56. The highest BCUT2D eigenvalue weighted by Gasteiger charge is 2.10. The number of aromatic nitrogens is 1. The van der Waals surface area contributed by atoms with E-state index in [0.717, 1.165) is 4.47 Å². The fourth-order valence-corrected chi connectivity index (χ4v) is 2.02. The van der Waals surface area contributed by atoms with Crippen molar-refractivity contribution in [1.29, 1.82) is 0 Å². The molecular formula is C13H12BrN3O2. The summed E-state index contributed by atoms with van der Waals surface area (Å²) in [6, 6.07) is 6.87. The zero-order valence-electron chi connectivity index (χ0n) is 10.2. The van der Waals surface area contributed by atoms with Gasteiger partial charge in [0, 0.05) is 34.3 Å². The highest BCUT2D eigenvalue weighted by Crippen LogP contribution is 2.25. The number of carbonyl (C=O) groups is 1. The van der Waals surface area contributed by atoms with Crippen LogP contribution in [0.4, 0.5) is 11.4 Å². The van der Waals surface area contributed by atoms with Crippen molar-refractivity contribution in [2.24, 2.45) is 0 Å². The molecule has 1 aromatic carbocycles. The van der Waals surface area contributed by atoms with Gasteiger partial charge in [0.05, 0.1) is 12.7 Å². The van der Waals surface area contributed by atoms with E-state index < -0.39 is 0 Å². The van der Waals surface area contributed by atoms with E-state index in [1.165, 1.54) is 12.4 Å². The number of hydrogen-bond donors (Lipinski definition) is 2. The molecule has 0 aliphatic heterocycles. The molecule has 0 unspecified atom stereocenters. The Bertz CT molecular complexity index is 617. The monoisotopic (exact) mass is 321 g/mol. The number of ether oxygens (including phenoxy) is 1. The predicted molar refractivity (Wildman–Crippen MR) is 77.3 cm³/mol. The molecule has 0 bridgehead atoms. The number of carbonyl (C=O) groups excluding carboxylic acids is 1. The molecule has 3 N–H and O–H groups in total.